The predicted octanol–water partition coefficient (Wildman–Crippen LogP) is 2.86. The lowest BCUT2D eigenvalue weighted by atomic mass is 10.2. The third-order valence-electron chi connectivity index (χ3n) is 2.32. The van der Waals surface area contributed by atoms with Gasteiger partial charge in [0.05, 0.1) is 4.92 Å². The average Bonchev–Trinajstić information content (AvgIpc) is 2.38. The van der Waals surface area contributed by atoms with Crippen LogP contribution < -0.4 is 5.73 Å². The van der Waals surface area contributed by atoms with E-state index in [1.165, 1.54) is 17.8 Å². The molecule has 1 aromatic heterocycles. The van der Waals surface area contributed by atoms with Gasteiger partial charge in [0.2, 0.25) is 0 Å². The number of hydrogen-bond acceptors (Lipinski definition) is 5. The van der Waals surface area contributed by atoms with Crippen molar-refractivity contribution < 1.29 is 4.92 Å². The number of nitrogens with zero attached hydrogens (tertiary/aromatic N) is 2. The molecule has 1 heterocycles. The molecule has 0 fully saturated rings. The molecule has 0 saturated heterocycles. The minimum absolute atomic E-state index is 0.104. The SMILES string of the molecule is Nc1ncccc1SCc1cccc([N+](=O)[O-])c1. The van der Waals surface area contributed by atoms with Crippen LogP contribution in [0.4, 0.5) is 11.5 Å². The molecule has 0 spiro atoms. The summed E-state index contributed by atoms with van der Waals surface area (Å²) in [5.41, 5.74) is 6.71. The van der Waals surface area contributed by atoms with E-state index in [4.69, 9.17) is 5.73 Å². The Morgan fingerprint density at radius 1 is 1.33 bits per heavy atom. The van der Waals surface area contributed by atoms with E-state index in [0.717, 1.165) is 10.5 Å². The Morgan fingerprint density at radius 3 is 2.89 bits per heavy atom. The van der Waals surface area contributed by atoms with Crippen molar-refractivity contribution in [2.24, 2.45) is 0 Å². The topological polar surface area (TPSA) is 82.0 Å². The number of benzene rings is 1. The summed E-state index contributed by atoms with van der Waals surface area (Å²) in [6.45, 7) is 0. The monoisotopic (exact) mass is 261 g/mol. The average molecular weight is 261 g/mol. The first kappa shape index (κ1) is 12.4. The number of aromatic nitrogens is 1. The molecule has 1 aromatic carbocycles. The van der Waals surface area contributed by atoms with Gasteiger partial charge in [-0.2, -0.15) is 0 Å². The zero-order chi connectivity index (χ0) is 13.0. The highest BCUT2D eigenvalue weighted by molar-refractivity contribution is 7.98. The maximum Gasteiger partial charge on any atom is 0.269 e. The van der Waals surface area contributed by atoms with E-state index in [2.05, 4.69) is 4.98 Å². The van der Waals surface area contributed by atoms with Gasteiger partial charge in [0.15, 0.2) is 0 Å². The summed E-state index contributed by atoms with van der Waals surface area (Å²) in [5, 5.41) is 10.7. The molecule has 18 heavy (non-hydrogen) atoms. The molecule has 0 bridgehead atoms. The zero-order valence-corrected chi connectivity index (χ0v) is 10.3. The summed E-state index contributed by atoms with van der Waals surface area (Å²) in [6.07, 6.45) is 1.63. The Balaban J connectivity index is 2.09. The molecule has 0 atom stereocenters. The molecule has 0 radical (unpaired) electrons. The largest absolute Gasteiger partial charge is 0.383 e. The van der Waals surface area contributed by atoms with Crippen LogP contribution in [-0.4, -0.2) is 9.91 Å². The van der Waals surface area contributed by atoms with Crippen LogP contribution in [0.3, 0.4) is 0 Å². The highest BCUT2D eigenvalue weighted by Gasteiger charge is 2.06. The van der Waals surface area contributed by atoms with Gasteiger partial charge in [-0.3, -0.25) is 10.1 Å². The summed E-state index contributed by atoms with van der Waals surface area (Å²) >= 11 is 1.51. The van der Waals surface area contributed by atoms with Crippen LogP contribution in [0.2, 0.25) is 0 Å². The van der Waals surface area contributed by atoms with Crippen LogP contribution >= 0.6 is 11.8 Å². The number of non-ortho nitro benzene ring substituents is 1. The fraction of sp³-hybridized carbons (Fsp3) is 0.0833. The number of hydrogen-bond donors (Lipinski definition) is 1. The van der Waals surface area contributed by atoms with E-state index < -0.39 is 4.92 Å². The number of thioether (sulfide) groups is 1. The fourth-order valence-corrected chi connectivity index (χ4v) is 2.32. The lowest BCUT2D eigenvalue weighted by molar-refractivity contribution is -0.384. The van der Waals surface area contributed by atoms with Crippen molar-refractivity contribution in [1.82, 2.24) is 4.98 Å². The number of pyridine rings is 1. The molecule has 0 aliphatic carbocycles. The number of anilines is 1. The highest BCUT2D eigenvalue weighted by atomic mass is 32.2. The lowest BCUT2D eigenvalue weighted by Gasteiger charge is -2.04. The van der Waals surface area contributed by atoms with Gasteiger partial charge in [0.1, 0.15) is 5.82 Å². The lowest BCUT2D eigenvalue weighted by Crippen LogP contribution is -1.92. The van der Waals surface area contributed by atoms with Crippen LogP contribution in [0.15, 0.2) is 47.5 Å². The third kappa shape index (κ3) is 2.98. The van der Waals surface area contributed by atoms with Gasteiger partial charge in [-0.1, -0.05) is 12.1 Å². The van der Waals surface area contributed by atoms with Crippen molar-refractivity contribution in [3.63, 3.8) is 0 Å². The van der Waals surface area contributed by atoms with Gasteiger partial charge in [-0.05, 0) is 17.7 Å². The van der Waals surface area contributed by atoms with Crippen molar-refractivity contribution in [1.29, 1.82) is 0 Å². The number of nitrogen functional groups attached to an aromatic ring is 1. The number of nitro benzene ring substituents is 1. The number of nitro groups is 1. The van der Waals surface area contributed by atoms with E-state index in [0.29, 0.717) is 11.6 Å². The molecule has 2 rings (SSSR count). The van der Waals surface area contributed by atoms with Gasteiger partial charge in [-0.15, -0.1) is 11.8 Å². The van der Waals surface area contributed by atoms with Crippen molar-refractivity contribution >= 4 is 23.3 Å². The van der Waals surface area contributed by atoms with Crippen LogP contribution in [0.1, 0.15) is 5.56 Å². The van der Waals surface area contributed by atoms with Gasteiger partial charge in [0, 0.05) is 29.0 Å². The van der Waals surface area contributed by atoms with E-state index >= 15 is 0 Å². The van der Waals surface area contributed by atoms with Gasteiger partial charge >= 0.3 is 0 Å². The zero-order valence-electron chi connectivity index (χ0n) is 9.45. The Kier molecular flexibility index (Phi) is 3.78. The number of rotatable bonds is 4. The second-order valence-corrected chi connectivity index (χ2v) is 4.62. The second kappa shape index (κ2) is 5.50. The van der Waals surface area contributed by atoms with Crippen LogP contribution in [0.25, 0.3) is 0 Å². The summed E-state index contributed by atoms with van der Waals surface area (Å²) in [4.78, 5) is 15.1. The Labute approximate surface area is 108 Å². The van der Waals surface area contributed by atoms with Crippen molar-refractivity contribution in [3.05, 3.63) is 58.3 Å². The van der Waals surface area contributed by atoms with Crippen molar-refractivity contribution in [2.45, 2.75) is 10.6 Å². The van der Waals surface area contributed by atoms with Crippen LogP contribution in [0.5, 0.6) is 0 Å². The Bertz CT molecular complexity index is 575. The summed E-state index contributed by atoms with van der Waals surface area (Å²) in [7, 11) is 0. The smallest absolute Gasteiger partial charge is 0.269 e. The molecular formula is C12H11N3O2S. The standard InChI is InChI=1S/C12H11N3O2S/c13-12-11(5-2-6-14-12)18-8-9-3-1-4-10(7-9)15(16)17/h1-7H,8H2,(H2,13,14). The molecular weight excluding hydrogens is 250 g/mol. The molecule has 92 valence electrons. The second-order valence-electron chi connectivity index (χ2n) is 3.60. The van der Waals surface area contributed by atoms with E-state index in [1.54, 1.807) is 18.3 Å². The fourth-order valence-electron chi connectivity index (χ4n) is 1.45. The first-order chi connectivity index (χ1) is 8.66. The molecule has 2 aromatic rings. The van der Waals surface area contributed by atoms with E-state index in [1.807, 2.05) is 18.2 Å². The normalized spacial score (nSPS) is 10.2. The maximum absolute atomic E-state index is 10.7. The Morgan fingerprint density at radius 2 is 2.17 bits per heavy atom. The van der Waals surface area contributed by atoms with E-state index in [9.17, 15) is 10.1 Å². The quantitative estimate of drug-likeness (QED) is 0.520. The molecule has 0 unspecified atom stereocenters. The first-order valence-corrected chi connectivity index (χ1v) is 6.22. The molecule has 2 N–H and O–H groups in total. The van der Waals surface area contributed by atoms with Crippen LogP contribution in [0, 0.1) is 10.1 Å². The molecule has 5 nitrogen and oxygen atoms in total. The van der Waals surface area contributed by atoms with Gasteiger partial charge in [-0.25, -0.2) is 4.98 Å². The Hall–Kier alpha value is -2.08. The third-order valence-corrected chi connectivity index (χ3v) is 3.45. The molecule has 6 heteroatoms. The summed E-state index contributed by atoms with van der Waals surface area (Å²) in [6, 6.07) is 10.3. The van der Waals surface area contributed by atoms with Crippen LogP contribution in [-0.2, 0) is 5.75 Å². The maximum atomic E-state index is 10.7. The van der Waals surface area contributed by atoms with Crippen molar-refractivity contribution in [3.8, 4) is 0 Å². The minimum atomic E-state index is -0.396. The molecule has 0 saturated carbocycles. The van der Waals surface area contributed by atoms with Crippen molar-refractivity contribution in [2.75, 3.05) is 5.73 Å². The minimum Gasteiger partial charge on any atom is -0.383 e. The predicted molar refractivity (Wildman–Crippen MR) is 71.3 cm³/mol. The molecule has 0 amide bonds. The van der Waals surface area contributed by atoms with Gasteiger partial charge < -0.3 is 5.73 Å². The highest BCUT2D eigenvalue weighted by Crippen LogP contribution is 2.27. The number of nitrogens with two attached hydrogens (primary N) is 1. The van der Waals surface area contributed by atoms with E-state index in [-0.39, 0.29) is 5.69 Å². The summed E-state index contributed by atoms with van der Waals surface area (Å²) < 4.78 is 0. The molecule has 0 aliphatic heterocycles. The molecule has 0 aliphatic rings. The van der Waals surface area contributed by atoms with Gasteiger partial charge in [0.25, 0.3) is 5.69 Å². The summed E-state index contributed by atoms with van der Waals surface area (Å²) in [5.74, 6) is 1.10. The first-order valence-electron chi connectivity index (χ1n) is 5.23.